The molecule has 5 N–H and O–H groups in total. The first-order valence-corrected chi connectivity index (χ1v) is 26.6. The number of piperidine rings is 2. The number of aryl methyl sites for hydroxylation is 1. The monoisotopic (exact) mass is 1060 g/mol. The number of carbonyl (C=O) groups excluding carboxylic acids is 6. The molecule has 2 atom stereocenters. The van der Waals surface area contributed by atoms with Gasteiger partial charge in [-0.05, 0) is 132 Å². The van der Waals surface area contributed by atoms with Gasteiger partial charge in [0.15, 0.2) is 0 Å². The van der Waals surface area contributed by atoms with Crippen LogP contribution in [0.2, 0.25) is 0 Å². The van der Waals surface area contributed by atoms with E-state index in [0.717, 1.165) is 99.6 Å². The van der Waals surface area contributed by atoms with E-state index in [4.69, 9.17) is 10.8 Å². The van der Waals surface area contributed by atoms with Gasteiger partial charge in [0.05, 0.1) is 29.1 Å². The topological polar surface area (TPSA) is 221 Å². The van der Waals surface area contributed by atoms with Gasteiger partial charge in [0.2, 0.25) is 17.7 Å². The number of alkyl halides is 3. The summed E-state index contributed by atoms with van der Waals surface area (Å²) in [4.78, 5) is 95.0. The van der Waals surface area contributed by atoms with Gasteiger partial charge in [-0.15, -0.1) is 0 Å². The Balaban J connectivity index is 0.754. The van der Waals surface area contributed by atoms with Crippen LogP contribution in [0.1, 0.15) is 114 Å². The summed E-state index contributed by atoms with van der Waals surface area (Å²) in [5.74, 6) is -0.583. The van der Waals surface area contributed by atoms with Crippen molar-refractivity contribution in [3.63, 3.8) is 0 Å². The fraction of sp³-hybridized carbons (Fsp3) is 0.446. The van der Waals surface area contributed by atoms with E-state index < -0.39 is 23.7 Å². The third-order valence-electron chi connectivity index (χ3n) is 15.8. The fourth-order valence-corrected chi connectivity index (χ4v) is 11.6. The lowest BCUT2D eigenvalue weighted by molar-refractivity contribution is -0.137. The number of imide groups is 1. The van der Waals surface area contributed by atoms with E-state index in [2.05, 4.69) is 30.8 Å². The molecule has 2 aromatic carbocycles. The molecule has 0 spiro atoms. The van der Waals surface area contributed by atoms with Crippen molar-refractivity contribution >= 4 is 69.9 Å². The van der Waals surface area contributed by atoms with Crippen molar-refractivity contribution in [2.24, 2.45) is 11.8 Å². The molecule has 77 heavy (non-hydrogen) atoms. The van der Waals surface area contributed by atoms with Crippen molar-refractivity contribution < 1.29 is 41.9 Å². The summed E-state index contributed by atoms with van der Waals surface area (Å²) in [6.45, 7) is 6.43. The third-order valence-corrected chi connectivity index (χ3v) is 15.8. The molecule has 21 heteroatoms. The quantitative estimate of drug-likeness (QED) is 0.113. The van der Waals surface area contributed by atoms with Crippen LogP contribution in [-0.2, 0) is 20.6 Å². The van der Waals surface area contributed by atoms with Gasteiger partial charge in [0.1, 0.15) is 17.3 Å². The Bertz CT molecular complexity index is 3110. The first kappa shape index (κ1) is 52.7. The standard InChI is InChI=1S/C56H63F3N12O6/c1-34-8-9-39(28-44(34)70-26-19-46(72)65-55(70)77)54(76)68-24-17-36(18-25-68)32-67-22-15-35(16-23-67)27-48(74)69-21-3-2-5-40-31-62-52(60)49-50(66-71(51(40)49)43-7-4-6-42(30-43)63-47(73)33-69)37-10-12-38(13-11-37)53(75)64-45-29-41(14-20-61-45)56(57,58)59/h2,5,8-14,20,28-29,31,35-36,42-43H,3-4,6-7,15-19,21-27,30,32-33H2,1H3,(H2,60,62)(H,63,73)(H,61,64,75)(H,65,72,77)/b5-2+/t42-,43-/m1/s1. The van der Waals surface area contributed by atoms with Gasteiger partial charge in [0.25, 0.3) is 11.8 Å². The first-order chi connectivity index (χ1) is 37.0. The second-order valence-corrected chi connectivity index (χ2v) is 21.1. The number of anilines is 3. The molecule has 7 heterocycles. The molecule has 2 bridgehead atoms. The van der Waals surface area contributed by atoms with Crippen LogP contribution in [0.3, 0.4) is 0 Å². The highest BCUT2D eigenvalue weighted by Crippen LogP contribution is 2.39. The number of fused-ring (bicyclic) bond motifs is 3. The fourth-order valence-electron chi connectivity index (χ4n) is 11.6. The summed E-state index contributed by atoms with van der Waals surface area (Å²) < 4.78 is 41.9. The van der Waals surface area contributed by atoms with E-state index in [0.29, 0.717) is 72.7 Å². The molecule has 3 aromatic heterocycles. The summed E-state index contributed by atoms with van der Waals surface area (Å²) in [5.41, 5.74) is 10.6. The van der Waals surface area contributed by atoms with Crippen LogP contribution in [0.5, 0.6) is 0 Å². The molecule has 4 aliphatic heterocycles. The molecule has 0 unspecified atom stereocenters. The molecule has 404 valence electrons. The van der Waals surface area contributed by atoms with Crippen LogP contribution >= 0.6 is 0 Å². The lowest BCUT2D eigenvalue weighted by Crippen LogP contribution is -2.50. The Hall–Kier alpha value is -7.68. The van der Waals surface area contributed by atoms with Crippen molar-refractivity contribution in [1.82, 2.24) is 45.1 Å². The van der Waals surface area contributed by atoms with Crippen molar-refractivity contribution in [2.75, 3.05) is 68.3 Å². The van der Waals surface area contributed by atoms with Gasteiger partial charge < -0.3 is 31.1 Å². The molecule has 5 aromatic rings. The second-order valence-electron chi connectivity index (χ2n) is 21.1. The zero-order valence-electron chi connectivity index (χ0n) is 43.0. The summed E-state index contributed by atoms with van der Waals surface area (Å²) >= 11 is 0. The summed E-state index contributed by atoms with van der Waals surface area (Å²) in [5, 5.41) is 13.8. The maximum absolute atomic E-state index is 14.1. The number of nitrogens with two attached hydrogens (primary N) is 1. The van der Waals surface area contributed by atoms with Crippen LogP contribution in [0.4, 0.5) is 35.3 Å². The van der Waals surface area contributed by atoms with Crippen LogP contribution in [0.25, 0.3) is 28.2 Å². The van der Waals surface area contributed by atoms with Crippen molar-refractivity contribution in [2.45, 2.75) is 95.8 Å². The number of hydrogen-bond donors (Lipinski definition) is 4. The Labute approximate surface area is 443 Å². The molecule has 5 aliphatic rings. The zero-order valence-corrected chi connectivity index (χ0v) is 43.0. The number of likely N-dealkylation sites (tertiary alicyclic amines) is 2. The van der Waals surface area contributed by atoms with Gasteiger partial charge in [-0.2, -0.15) is 18.3 Å². The van der Waals surface area contributed by atoms with Crippen LogP contribution in [0, 0.1) is 18.8 Å². The van der Waals surface area contributed by atoms with Crippen LogP contribution < -0.4 is 26.6 Å². The lowest BCUT2D eigenvalue weighted by atomic mass is 9.90. The number of halogens is 3. The van der Waals surface area contributed by atoms with E-state index >= 15 is 0 Å². The largest absolute Gasteiger partial charge is 0.416 e. The van der Waals surface area contributed by atoms with Crippen molar-refractivity contribution in [1.29, 1.82) is 0 Å². The molecule has 1 aliphatic carbocycles. The Morgan fingerprint density at radius 2 is 1.58 bits per heavy atom. The van der Waals surface area contributed by atoms with E-state index in [1.807, 2.05) is 34.7 Å². The smallest absolute Gasteiger partial charge is 0.383 e. The maximum Gasteiger partial charge on any atom is 0.416 e. The average molecular weight is 1060 g/mol. The Kier molecular flexibility index (Phi) is 15.4. The summed E-state index contributed by atoms with van der Waals surface area (Å²) in [7, 11) is 0. The second kappa shape index (κ2) is 22.5. The van der Waals surface area contributed by atoms with Gasteiger partial charge in [-0.3, -0.25) is 38.9 Å². The van der Waals surface area contributed by atoms with Gasteiger partial charge >= 0.3 is 12.2 Å². The predicted molar refractivity (Wildman–Crippen MR) is 283 cm³/mol. The number of nitrogens with zero attached hydrogens (tertiary/aromatic N) is 8. The highest BCUT2D eigenvalue weighted by molar-refractivity contribution is 6.07. The number of amides is 7. The summed E-state index contributed by atoms with van der Waals surface area (Å²) in [6.07, 6.45) is 9.61. The Morgan fingerprint density at radius 1 is 0.831 bits per heavy atom. The summed E-state index contributed by atoms with van der Waals surface area (Å²) in [6, 6.07) is 12.8. The predicted octanol–water partition coefficient (Wildman–Crippen LogP) is 7.60. The molecule has 10 rings (SSSR count). The molecule has 1 saturated carbocycles. The average Bonchev–Trinajstić information content (AvgIpc) is 3.93. The van der Waals surface area contributed by atoms with E-state index in [9.17, 15) is 41.9 Å². The highest BCUT2D eigenvalue weighted by atomic mass is 19.4. The molecule has 4 fully saturated rings. The molecular formula is C56H63F3N12O6. The number of rotatable bonds is 9. The van der Waals surface area contributed by atoms with Crippen LogP contribution in [-0.4, -0.2) is 128 Å². The van der Waals surface area contributed by atoms with Crippen molar-refractivity contribution in [3.8, 4) is 11.3 Å². The number of carbonyl (C=O) groups is 6. The number of benzene rings is 2. The minimum Gasteiger partial charge on any atom is -0.383 e. The van der Waals surface area contributed by atoms with Gasteiger partial charge in [-0.1, -0.05) is 30.4 Å². The van der Waals surface area contributed by atoms with E-state index in [1.165, 1.54) is 4.90 Å². The number of nitrogens with one attached hydrogen (secondary N) is 3. The maximum atomic E-state index is 14.1. The van der Waals surface area contributed by atoms with E-state index in [1.54, 1.807) is 47.5 Å². The van der Waals surface area contributed by atoms with Crippen molar-refractivity contribution in [3.05, 3.63) is 101 Å². The normalized spacial score (nSPS) is 20.8. The first-order valence-electron chi connectivity index (χ1n) is 26.6. The number of pyridine rings is 2. The zero-order chi connectivity index (χ0) is 54.0. The van der Waals surface area contributed by atoms with Crippen LogP contribution in [0.15, 0.2) is 73.1 Å². The molecular weight excluding hydrogens is 994 g/mol. The number of nitrogen functional groups attached to an aromatic ring is 1. The lowest BCUT2D eigenvalue weighted by Gasteiger charge is -2.38. The number of aromatic nitrogens is 4. The third kappa shape index (κ3) is 12.0. The SMILES string of the molecule is Cc1ccc(C(=O)N2CCC(CN3CCC(CC(=O)N4CC/C=C/c5cnc(N)c6c(-c7ccc(C(=O)Nc8cc(C(F)(F)F)ccn8)cc7)nn(c56)[C@@H]5CCC[C@H](C5)NC(=O)C4)CC3)CC2)cc1N1CCC(=O)NC1=O. The molecule has 7 amide bonds. The minimum atomic E-state index is -4.59. The number of urea groups is 1. The molecule has 0 radical (unpaired) electrons. The Morgan fingerprint density at radius 3 is 2.34 bits per heavy atom. The highest BCUT2D eigenvalue weighted by Gasteiger charge is 2.34. The number of hydrogen-bond acceptors (Lipinski definition) is 11. The van der Waals surface area contributed by atoms with Gasteiger partial charge in [-0.25, -0.2) is 14.8 Å². The molecule has 3 saturated heterocycles. The minimum absolute atomic E-state index is 0.0357. The van der Waals surface area contributed by atoms with Gasteiger partial charge in [0, 0.05) is 91.9 Å². The molecule has 18 nitrogen and oxygen atoms in total. The van der Waals surface area contributed by atoms with E-state index in [-0.39, 0.29) is 78.3 Å².